The lowest BCUT2D eigenvalue weighted by Gasteiger charge is -2.32. The highest BCUT2D eigenvalue weighted by molar-refractivity contribution is 5.95. The summed E-state index contributed by atoms with van der Waals surface area (Å²) in [4.78, 5) is 22.6. The molecule has 0 bridgehead atoms. The molecule has 0 saturated carbocycles. The van der Waals surface area contributed by atoms with Gasteiger partial charge in [0.15, 0.2) is 0 Å². The summed E-state index contributed by atoms with van der Waals surface area (Å²) in [6, 6.07) is 7.97. The molecule has 1 heterocycles. The minimum atomic E-state index is -0.318. The van der Waals surface area contributed by atoms with Gasteiger partial charge in [-0.3, -0.25) is 9.59 Å². The molecule has 5 nitrogen and oxygen atoms in total. The molecule has 2 amide bonds. The van der Waals surface area contributed by atoms with Gasteiger partial charge < -0.3 is 15.4 Å². The Morgan fingerprint density at radius 2 is 2.06 bits per heavy atom. The van der Waals surface area contributed by atoms with Crippen molar-refractivity contribution < 1.29 is 14.3 Å². The summed E-state index contributed by atoms with van der Waals surface area (Å²) < 4.78 is 4.55. The number of fused-ring (bicyclic) bond motifs is 1. The number of amides is 2. The number of methoxy groups -OCH3 is 1. The van der Waals surface area contributed by atoms with E-state index < -0.39 is 0 Å². The molecule has 5 heteroatoms. The molecule has 0 unspecified atom stereocenters. The van der Waals surface area contributed by atoms with Gasteiger partial charge in [-0.1, -0.05) is 18.2 Å². The molecule has 1 aromatic carbocycles. The highest BCUT2D eigenvalue weighted by atomic mass is 16.5. The fraction of sp³-hybridized carbons (Fsp3) is 0.385. The second-order valence-corrected chi connectivity index (χ2v) is 3.94. The number of primary amides is 1. The lowest BCUT2D eigenvalue weighted by Crippen LogP contribution is -2.36. The molecular weight excluding hydrogens is 232 g/mol. The average Bonchev–Trinajstić information content (AvgIpc) is 2.28. The largest absolute Gasteiger partial charge is 0.384 e. The number of benzene rings is 1. The van der Waals surface area contributed by atoms with Crippen LogP contribution in [0, 0.1) is 0 Å². The second-order valence-electron chi connectivity index (χ2n) is 3.94. The van der Waals surface area contributed by atoms with Crippen molar-refractivity contribution in [2.45, 2.75) is 19.9 Å². The van der Waals surface area contributed by atoms with E-state index in [9.17, 15) is 9.59 Å². The van der Waals surface area contributed by atoms with E-state index in [0.29, 0.717) is 13.0 Å². The molecule has 0 aromatic heterocycles. The van der Waals surface area contributed by atoms with Crippen molar-refractivity contribution in [1.82, 2.24) is 0 Å². The predicted octanol–water partition coefficient (Wildman–Crippen LogP) is 1.06. The van der Waals surface area contributed by atoms with Gasteiger partial charge in [-0.2, -0.15) is 0 Å². The number of hydrogen-bond donors (Lipinski definition) is 1. The van der Waals surface area contributed by atoms with Crippen molar-refractivity contribution in [2.75, 3.05) is 18.6 Å². The van der Waals surface area contributed by atoms with E-state index >= 15 is 0 Å². The van der Waals surface area contributed by atoms with E-state index in [1.165, 1.54) is 12.7 Å². The van der Waals surface area contributed by atoms with Crippen molar-refractivity contribution >= 4 is 17.5 Å². The van der Waals surface area contributed by atoms with Crippen LogP contribution in [0.25, 0.3) is 0 Å². The maximum Gasteiger partial charge on any atom is 0.224 e. The fourth-order valence-corrected chi connectivity index (χ4v) is 1.56. The minimum absolute atomic E-state index is 0.128. The van der Waals surface area contributed by atoms with Crippen LogP contribution in [0.5, 0.6) is 0 Å². The fourth-order valence-electron chi connectivity index (χ4n) is 1.56. The Balaban J connectivity index is 0.000000203. The van der Waals surface area contributed by atoms with E-state index in [2.05, 4.69) is 10.8 Å². The van der Waals surface area contributed by atoms with E-state index in [-0.39, 0.29) is 11.8 Å². The van der Waals surface area contributed by atoms with Gasteiger partial charge in [-0.15, -0.1) is 0 Å². The van der Waals surface area contributed by atoms with Crippen LogP contribution in [0.1, 0.15) is 18.9 Å². The Bertz CT molecular complexity index is 432. The summed E-state index contributed by atoms with van der Waals surface area (Å²) in [5.41, 5.74) is 7.10. The minimum Gasteiger partial charge on any atom is -0.384 e. The number of carbonyl (C=O) groups excluding carboxylic acids is 2. The summed E-state index contributed by atoms with van der Waals surface area (Å²) in [5.74, 6) is -0.189. The SMILES string of the molecule is CC(=O)N1Cc2ccccc21.COCCC(N)=O. The van der Waals surface area contributed by atoms with Crippen LogP contribution >= 0.6 is 0 Å². The van der Waals surface area contributed by atoms with E-state index in [0.717, 1.165) is 12.2 Å². The maximum absolute atomic E-state index is 10.9. The zero-order valence-corrected chi connectivity index (χ0v) is 10.7. The van der Waals surface area contributed by atoms with Crippen LogP contribution < -0.4 is 10.6 Å². The number of anilines is 1. The quantitative estimate of drug-likeness (QED) is 0.871. The van der Waals surface area contributed by atoms with Crippen molar-refractivity contribution in [3.05, 3.63) is 29.8 Å². The van der Waals surface area contributed by atoms with Crippen LogP contribution in [-0.2, 0) is 20.9 Å². The summed E-state index contributed by atoms with van der Waals surface area (Å²) in [5, 5.41) is 0. The van der Waals surface area contributed by atoms with Gasteiger partial charge >= 0.3 is 0 Å². The third-order valence-electron chi connectivity index (χ3n) is 2.54. The highest BCUT2D eigenvalue weighted by Crippen LogP contribution is 2.31. The number of nitrogens with two attached hydrogens (primary N) is 1. The smallest absolute Gasteiger partial charge is 0.224 e. The first-order valence-corrected chi connectivity index (χ1v) is 5.69. The third-order valence-corrected chi connectivity index (χ3v) is 2.54. The lowest BCUT2D eigenvalue weighted by atomic mass is 10.0. The van der Waals surface area contributed by atoms with E-state index in [4.69, 9.17) is 5.73 Å². The van der Waals surface area contributed by atoms with E-state index in [1.54, 1.807) is 11.8 Å². The lowest BCUT2D eigenvalue weighted by molar-refractivity contribution is -0.119. The van der Waals surface area contributed by atoms with Crippen LogP contribution in [0.4, 0.5) is 5.69 Å². The molecule has 0 radical (unpaired) electrons. The van der Waals surface area contributed by atoms with Crippen LogP contribution in [0.15, 0.2) is 24.3 Å². The summed E-state index contributed by atoms with van der Waals surface area (Å²) >= 11 is 0. The molecule has 0 atom stereocenters. The van der Waals surface area contributed by atoms with Gasteiger partial charge in [0.25, 0.3) is 0 Å². The first-order chi connectivity index (χ1) is 8.56. The first kappa shape index (κ1) is 14.2. The number of para-hydroxylation sites is 1. The topological polar surface area (TPSA) is 72.6 Å². The Morgan fingerprint density at radius 3 is 2.50 bits per heavy atom. The molecule has 0 fully saturated rings. The standard InChI is InChI=1S/C9H9NO.C4H9NO2/c1-7(11)10-6-8-4-2-3-5-9(8)10;1-7-3-2-4(5)6/h2-5H,6H2,1H3;2-3H2,1H3,(H2,5,6). The van der Waals surface area contributed by atoms with Gasteiger partial charge in [0.2, 0.25) is 11.8 Å². The molecule has 0 saturated heterocycles. The monoisotopic (exact) mass is 250 g/mol. The van der Waals surface area contributed by atoms with E-state index in [1.807, 2.05) is 18.2 Å². The van der Waals surface area contributed by atoms with Crippen LogP contribution in [0.2, 0.25) is 0 Å². The molecular formula is C13H18N2O3. The third kappa shape index (κ3) is 3.85. The first-order valence-electron chi connectivity index (χ1n) is 5.69. The molecule has 1 aliphatic heterocycles. The van der Waals surface area contributed by atoms with Gasteiger partial charge in [0, 0.05) is 26.1 Å². The summed E-state index contributed by atoms with van der Waals surface area (Å²) in [6.07, 6.45) is 0.316. The summed E-state index contributed by atoms with van der Waals surface area (Å²) in [6.45, 7) is 2.80. The zero-order chi connectivity index (χ0) is 13.5. The van der Waals surface area contributed by atoms with Crippen molar-refractivity contribution in [1.29, 1.82) is 0 Å². The second kappa shape index (κ2) is 6.76. The van der Waals surface area contributed by atoms with Crippen LogP contribution in [0.3, 0.4) is 0 Å². The highest BCUT2D eigenvalue weighted by Gasteiger charge is 2.24. The molecule has 98 valence electrons. The number of ether oxygens (including phenoxy) is 1. The van der Waals surface area contributed by atoms with Gasteiger partial charge in [0.1, 0.15) is 0 Å². The van der Waals surface area contributed by atoms with Gasteiger partial charge in [-0.25, -0.2) is 0 Å². The van der Waals surface area contributed by atoms with Crippen molar-refractivity contribution in [2.24, 2.45) is 5.73 Å². The maximum atomic E-state index is 10.9. The van der Waals surface area contributed by atoms with Gasteiger partial charge in [0.05, 0.1) is 13.2 Å². The average molecular weight is 250 g/mol. The molecule has 2 N–H and O–H groups in total. The van der Waals surface area contributed by atoms with Crippen LogP contribution in [-0.4, -0.2) is 25.5 Å². The number of nitrogens with zero attached hydrogens (tertiary/aromatic N) is 1. The molecule has 0 aliphatic carbocycles. The predicted molar refractivity (Wildman–Crippen MR) is 69.0 cm³/mol. The molecule has 2 rings (SSSR count). The van der Waals surface area contributed by atoms with Crippen molar-refractivity contribution in [3.63, 3.8) is 0 Å². The Morgan fingerprint density at radius 1 is 1.39 bits per heavy atom. The molecule has 0 spiro atoms. The Hall–Kier alpha value is -1.88. The van der Waals surface area contributed by atoms with Gasteiger partial charge in [-0.05, 0) is 11.6 Å². The van der Waals surface area contributed by atoms with Crippen molar-refractivity contribution in [3.8, 4) is 0 Å². The Kier molecular flexibility index (Phi) is 5.32. The summed E-state index contributed by atoms with van der Waals surface area (Å²) in [7, 11) is 1.53. The number of rotatable bonds is 3. The Labute approximate surface area is 107 Å². The molecule has 1 aromatic rings. The number of hydrogen-bond acceptors (Lipinski definition) is 3. The number of carbonyl (C=O) groups is 2. The normalized spacial score (nSPS) is 11.8. The molecule has 1 aliphatic rings. The zero-order valence-electron chi connectivity index (χ0n) is 10.7. The molecule has 18 heavy (non-hydrogen) atoms.